The van der Waals surface area contributed by atoms with Crippen LogP contribution in [0.1, 0.15) is 239 Å². The lowest BCUT2D eigenvalue weighted by molar-refractivity contribution is -0.870. The maximum absolute atomic E-state index is 12.8. The third-order valence-electron chi connectivity index (χ3n) is 11.3. The lowest BCUT2D eigenvalue weighted by Gasteiger charge is -2.25. The number of carbonyl (C=O) groups excluding carboxylic acids is 2. The number of ether oxygens (including phenoxy) is 4. The van der Waals surface area contributed by atoms with Crippen LogP contribution in [0.5, 0.6) is 0 Å². The van der Waals surface area contributed by atoms with Gasteiger partial charge in [-0.15, -0.1) is 0 Å². The molecule has 0 spiro atoms. The molecule has 0 fully saturated rings. The van der Waals surface area contributed by atoms with Crippen molar-refractivity contribution in [2.24, 2.45) is 0 Å². The quantitative estimate of drug-likeness (QED) is 0.0212. The fraction of sp³-hybridized carbons (Fsp3) is 0.902. The topological polar surface area (TPSA) is 108 Å². The minimum Gasteiger partial charge on any atom is -0.477 e. The first kappa shape index (κ1) is 58.0. The van der Waals surface area contributed by atoms with Gasteiger partial charge in [0.25, 0.3) is 6.29 Å². The number of quaternary nitrogens is 1. The second-order valence-electron chi connectivity index (χ2n) is 18.5. The fourth-order valence-corrected chi connectivity index (χ4v) is 7.30. The molecular weight excluding hydrogens is 755 g/mol. The van der Waals surface area contributed by atoms with Crippen molar-refractivity contribution < 1.29 is 42.9 Å². The number of nitrogens with zero attached hydrogens (tertiary/aromatic N) is 1. The molecule has 0 amide bonds. The van der Waals surface area contributed by atoms with Gasteiger partial charge in [0.05, 0.1) is 34.4 Å². The predicted molar refractivity (Wildman–Crippen MR) is 249 cm³/mol. The number of esters is 2. The number of allylic oxidation sites excluding steroid dienone is 2. The Morgan fingerprint density at radius 2 is 0.850 bits per heavy atom. The number of carbonyl (C=O) groups is 3. The van der Waals surface area contributed by atoms with E-state index in [1.807, 2.05) is 21.1 Å². The lowest BCUT2D eigenvalue weighted by Crippen LogP contribution is -2.40. The minimum absolute atomic E-state index is 0.178. The summed E-state index contributed by atoms with van der Waals surface area (Å²) < 4.78 is 22.8. The van der Waals surface area contributed by atoms with Gasteiger partial charge in [0.15, 0.2) is 6.10 Å². The number of aliphatic carboxylic acids is 1. The van der Waals surface area contributed by atoms with E-state index in [0.717, 1.165) is 51.4 Å². The lowest BCUT2D eigenvalue weighted by atomic mass is 10.0. The molecule has 0 aromatic carbocycles. The number of hydrogen-bond donors (Lipinski definition) is 1. The molecule has 60 heavy (non-hydrogen) atoms. The minimum atomic E-state index is -1.51. The molecule has 0 aliphatic carbocycles. The van der Waals surface area contributed by atoms with Crippen LogP contribution >= 0.6 is 0 Å². The molecule has 0 saturated carbocycles. The molecular formula is C51H98NO8+. The molecule has 0 saturated heterocycles. The summed E-state index contributed by atoms with van der Waals surface area (Å²) in [6.45, 7) is 4.90. The molecule has 0 aliphatic heterocycles. The Bertz CT molecular complexity index is 996. The number of carboxylic acid groups (broad SMARTS) is 1. The van der Waals surface area contributed by atoms with Crippen molar-refractivity contribution in [1.29, 1.82) is 0 Å². The highest BCUT2D eigenvalue weighted by atomic mass is 16.7. The Morgan fingerprint density at radius 1 is 0.483 bits per heavy atom. The summed E-state index contributed by atoms with van der Waals surface area (Å²) in [5.74, 6) is -1.99. The van der Waals surface area contributed by atoms with E-state index in [9.17, 15) is 19.5 Å². The number of rotatable bonds is 47. The number of unbranched alkanes of at least 4 members (excludes halogenated alkanes) is 30. The molecule has 1 N–H and O–H groups in total. The van der Waals surface area contributed by atoms with Crippen LogP contribution in [0.25, 0.3) is 0 Å². The number of likely N-dealkylation sites (N-methyl/N-ethyl adjacent to an activating group) is 1. The maximum Gasteiger partial charge on any atom is 0.361 e. The Morgan fingerprint density at radius 3 is 1.23 bits per heavy atom. The number of carboxylic acids is 1. The largest absolute Gasteiger partial charge is 0.477 e. The molecule has 2 unspecified atom stereocenters. The summed E-state index contributed by atoms with van der Waals surface area (Å²) in [4.78, 5) is 37.2. The van der Waals surface area contributed by atoms with E-state index in [1.54, 1.807) is 0 Å². The smallest absolute Gasteiger partial charge is 0.361 e. The Labute approximate surface area is 370 Å². The van der Waals surface area contributed by atoms with E-state index in [1.165, 1.54) is 161 Å². The van der Waals surface area contributed by atoms with Gasteiger partial charge in [-0.1, -0.05) is 199 Å². The molecule has 0 rings (SSSR count). The molecule has 0 aromatic heterocycles. The average molecular weight is 853 g/mol. The Hall–Kier alpha value is -1.97. The first-order valence-electron chi connectivity index (χ1n) is 25.4. The van der Waals surface area contributed by atoms with Crippen molar-refractivity contribution in [3.8, 4) is 0 Å². The van der Waals surface area contributed by atoms with Crippen LogP contribution in [0.3, 0.4) is 0 Å². The van der Waals surface area contributed by atoms with E-state index in [-0.39, 0.29) is 32.2 Å². The van der Waals surface area contributed by atoms with Crippen LogP contribution in [0.4, 0.5) is 0 Å². The van der Waals surface area contributed by atoms with E-state index in [2.05, 4.69) is 26.0 Å². The third kappa shape index (κ3) is 44.1. The average Bonchev–Trinajstić information content (AvgIpc) is 3.21. The van der Waals surface area contributed by atoms with Crippen molar-refractivity contribution >= 4 is 17.9 Å². The third-order valence-corrected chi connectivity index (χ3v) is 11.3. The van der Waals surface area contributed by atoms with Crippen molar-refractivity contribution in [1.82, 2.24) is 0 Å². The van der Waals surface area contributed by atoms with Crippen LogP contribution in [0.2, 0.25) is 0 Å². The molecule has 0 radical (unpaired) electrons. The maximum atomic E-state index is 12.8. The summed E-state index contributed by atoms with van der Waals surface area (Å²) in [6.07, 6.45) is 44.1. The highest BCUT2D eigenvalue weighted by Gasteiger charge is 2.25. The van der Waals surface area contributed by atoms with Crippen LogP contribution < -0.4 is 0 Å². The van der Waals surface area contributed by atoms with Gasteiger partial charge in [-0.3, -0.25) is 9.59 Å². The normalized spacial score (nSPS) is 12.9. The molecule has 9 heteroatoms. The standard InChI is InChI=1S/C51H97NO8/c1-6-8-10-12-14-16-18-20-22-24-26-28-30-32-34-36-38-40-42-49(54)60-47(46-59-51(50(55)56)57-44-43-52(3,4)5)45-58-48(53)41-39-37-35-33-31-29-27-25-23-21-19-17-15-13-11-9-7-2/h22,24,47,51H,6-21,23,25-46H2,1-5H3/p+1/b24-22-. The predicted octanol–water partition coefficient (Wildman–Crippen LogP) is 13.8. The van der Waals surface area contributed by atoms with E-state index < -0.39 is 24.3 Å². The van der Waals surface area contributed by atoms with Gasteiger partial charge >= 0.3 is 17.9 Å². The molecule has 2 atom stereocenters. The van der Waals surface area contributed by atoms with Crippen molar-refractivity contribution in [3.05, 3.63) is 12.2 Å². The molecule has 0 aliphatic rings. The zero-order chi connectivity index (χ0) is 44.2. The fourth-order valence-electron chi connectivity index (χ4n) is 7.30. The van der Waals surface area contributed by atoms with Crippen molar-refractivity contribution in [2.45, 2.75) is 251 Å². The SMILES string of the molecule is CCCCCCCCC/C=C\CCCCCCCCCC(=O)OC(COC(=O)CCCCCCCCCCCCCCCCCCC)COC(OCC[N+](C)(C)C)C(=O)O. The van der Waals surface area contributed by atoms with Gasteiger partial charge < -0.3 is 28.5 Å². The molecule has 9 nitrogen and oxygen atoms in total. The van der Waals surface area contributed by atoms with Gasteiger partial charge in [0.2, 0.25) is 0 Å². The zero-order valence-corrected chi connectivity index (χ0v) is 40.1. The highest BCUT2D eigenvalue weighted by Crippen LogP contribution is 2.16. The summed E-state index contributed by atoms with van der Waals surface area (Å²) in [6, 6.07) is 0. The van der Waals surface area contributed by atoms with Crippen LogP contribution in [-0.2, 0) is 33.3 Å². The van der Waals surface area contributed by atoms with Crippen LogP contribution in [0.15, 0.2) is 12.2 Å². The van der Waals surface area contributed by atoms with E-state index in [0.29, 0.717) is 17.4 Å². The van der Waals surface area contributed by atoms with Crippen LogP contribution in [-0.4, -0.2) is 87.4 Å². The molecule has 0 aromatic rings. The monoisotopic (exact) mass is 853 g/mol. The van der Waals surface area contributed by atoms with Gasteiger partial charge in [-0.25, -0.2) is 4.79 Å². The summed E-state index contributed by atoms with van der Waals surface area (Å²) >= 11 is 0. The van der Waals surface area contributed by atoms with Crippen molar-refractivity contribution in [3.63, 3.8) is 0 Å². The highest BCUT2D eigenvalue weighted by molar-refractivity contribution is 5.71. The Balaban J connectivity index is 4.33. The first-order valence-corrected chi connectivity index (χ1v) is 25.4. The molecule has 354 valence electrons. The van der Waals surface area contributed by atoms with Gasteiger partial charge in [0, 0.05) is 12.8 Å². The first-order chi connectivity index (χ1) is 29.1. The van der Waals surface area contributed by atoms with E-state index in [4.69, 9.17) is 18.9 Å². The van der Waals surface area contributed by atoms with Crippen molar-refractivity contribution in [2.75, 3.05) is 47.5 Å². The van der Waals surface area contributed by atoms with Gasteiger partial charge in [-0.2, -0.15) is 0 Å². The summed E-state index contributed by atoms with van der Waals surface area (Å²) in [5, 5.41) is 9.66. The van der Waals surface area contributed by atoms with Crippen LogP contribution in [0, 0.1) is 0 Å². The van der Waals surface area contributed by atoms with E-state index >= 15 is 0 Å². The second-order valence-corrected chi connectivity index (χ2v) is 18.5. The second kappa shape index (κ2) is 43.7. The molecule has 0 bridgehead atoms. The summed E-state index contributed by atoms with van der Waals surface area (Å²) in [5.41, 5.74) is 0. The zero-order valence-electron chi connectivity index (χ0n) is 40.1. The number of hydrogen-bond acceptors (Lipinski definition) is 7. The Kier molecular flexibility index (Phi) is 42.2. The molecule has 0 heterocycles. The summed E-state index contributed by atoms with van der Waals surface area (Å²) in [7, 11) is 5.97. The van der Waals surface area contributed by atoms with Gasteiger partial charge in [0.1, 0.15) is 13.2 Å². The van der Waals surface area contributed by atoms with Gasteiger partial charge in [-0.05, 0) is 38.5 Å².